The highest BCUT2D eigenvalue weighted by molar-refractivity contribution is 6.01. The normalized spacial score (nSPS) is 17.7. The van der Waals surface area contributed by atoms with Gasteiger partial charge in [0.1, 0.15) is 0 Å². The van der Waals surface area contributed by atoms with Gasteiger partial charge in [-0.05, 0) is 31.0 Å². The molecule has 1 saturated heterocycles. The van der Waals surface area contributed by atoms with Crippen molar-refractivity contribution in [3.63, 3.8) is 0 Å². The van der Waals surface area contributed by atoms with Crippen molar-refractivity contribution in [3.05, 3.63) is 90.0 Å². The van der Waals surface area contributed by atoms with E-state index in [1.54, 1.807) is 0 Å². The van der Waals surface area contributed by atoms with Gasteiger partial charge in [-0.15, -0.1) is 0 Å². The average molecular weight is 370 g/mol. The number of benzene rings is 3. The molecule has 1 fully saturated rings. The highest BCUT2D eigenvalue weighted by atomic mass is 16.2. The van der Waals surface area contributed by atoms with E-state index in [2.05, 4.69) is 60.4 Å². The molecule has 3 aromatic carbocycles. The lowest BCUT2D eigenvalue weighted by Crippen LogP contribution is -2.55. The Morgan fingerprint density at radius 2 is 1.64 bits per heavy atom. The molecule has 0 spiro atoms. The minimum absolute atomic E-state index is 0.141. The van der Waals surface area contributed by atoms with Crippen LogP contribution in [0.15, 0.2) is 78.9 Å². The monoisotopic (exact) mass is 370 g/mol. The molecular formula is C25H26N2O. The van der Waals surface area contributed by atoms with Crippen LogP contribution in [0.1, 0.15) is 18.1 Å². The van der Waals surface area contributed by atoms with E-state index < -0.39 is 0 Å². The van der Waals surface area contributed by atoms with Crippen LogP contribution in [0.2, 0.25) is 0 Å². The molecule has 1 aliphatic heterocycles. The lowest BCUT2D eigenvalue weighted by Gasteiger charge is -2.39. The Morgan fingerprint density at radius 1 is 0.893 bits per heavy atom. The maximum Gasteiger partial charge on any atom is 0.244 e. The van der Waals surface area contributed by atoms with Gasteiger partial charge in [0.05, 0.1) is 11.7 Å². The van der Waals surface area contributed by atoms with E-state index in [0.717, 1.165) is 29.9 Å². The predicted molar refractivity (Wildman–Crippen MR) is 115 cm³/mol. The number of carbonyl (C=O) groups is 1. The van der Waals surface area contributed by atoms with Crippen LogP contribution < -0.4 is 4.90 Å². The van der Waals surface area contributed by atoms with Crippen LogP contribution in [0.25, 0.3) is 11.1 Å². The topological polar surface area (TPSA) is 23.6 Å². The number of anilines is 1. The van der Waals surface area contributed by atoms with Gasteiger partial charge in [0.25, 0.3) is 0 Å². The first-order chi connectivity index (χ1) is 13.6. The molecule has 0 aromatic heterocycles. The van der Waals surface area contributed by atoms with Gasteiger partial charge in [-0.2, -0.15) is 0 Å². The molecule has 0 saturated carbocycles. The summed E-state index contributed by atoms with van der Waals surface area (Å²) in [6.07, 6.45) is 0. The summed E-state index contributed by atoms with van der Waals surface area (Å²) >= 11 is 0. The van der Waals surface area contributed by atoms with Gasteiger partial charge >= 0.3 is 0 Å². The van der Waals surface area contributed by atoms with Crippen LogP contribution in [0.5, 0.6) is 0 Å². The maximum atomic E-state index is 13.3. The number of piperazine rings is 1. The second kappa shape index (κ2) is 7.99. The van der Waals surface area contributed by atoms with Crippen LogP contribution in [0.3, 0.4) is 0 Å². The Kier molecular flexibility index (Phi) is 5.27. The van der Waals surface area contributed by atoms with Gasteiger partial charge in [0.15, 0.2) is 0 Å². The first-order valence-electron chi connectivity index (χ1n) is 9.89. The third-order valence-corrected chi connectivity index (χ3v) is 5.53. The molecule has 1 unspecified atom stereocenters. The minimum atomic E-state index is -0.141. The molecular weight excluding hydrogens is 344 g/mol. The molecule has 4 rings (SSSR count). The number of hydrogen-bond donors (Lipinski definition) is 0. The molecule has 28 heavy (non-hydrogen) atoms. The number of para-hydroxylation sites is 1. The fourth-order valence-electron chi connectivity index (χ4n) is 3.98. The minimum Gasteiger partial charge on any atom is -0.309 e. The highest BCUT2D eigenvalue weighted by Crippen LogP contribution is 2.32. The standard InChI is InChI=1S/C25H26N2O/c1-19-9-8-10-21(17-19)18-26-15-16-27(25(28)20(26)2)24-14-7-6-13-23(24)22-11-4-3-5-12-22/h3-14,17,20H,15-16,18H2,1-2H3. The molecule has 142 valence electrons. The van der Waals surface area contributed by atoms with Crippen molar-refractivity contribution >= 4 is 11.6 Å². The number of rotatable bonds is 4. The summed E-state index contributed by atoms with van der Waals surface area (Å²) in [5.74, 6) is 0.169. The molecule has 1 atom stereocenters. The number of aryl methyl sites for hydroxylation is 1. The van der Waals surface area contributed by atoms with E-state index in [9.17, 15) is 4.79 Å². The molecule has 3 nitrogen and oxygen atoms in total. The van der Waals surface area contributed by atoms with Gasteiger partial charge in [-0.3, -0.25) is 9.69 Å². The van der Waals surface area contributed by atoms with Gasteiger partial charge in [-0.1, -0.05) is 78.4 Å². The molecule has 3 heteroatoms. The Balaban J connectivity index is 1.57. The summed E-state index contributed by atoms with van der Waals surface area (Å²) in [6.45, 7) is 6.51. The summed E-state index contributed by atoms with van der Waals surface area (Å²) < 4.78 is 0. The molecule has 3 aromatic rings. The Labute approximate surface area is 167 Å². The van der Waals surface area contributed by atoms with Crippen molar-refractivity contribution in [1.29, 1.82) is 0 Å². The molecule has 0 aliphatic carbocycles. The Morgan fingerprint density at radius 3 is 2.43 bits per heavy atom. The predicted octanol–water partition coefficient (Wildman–Crippen LogP) is 4.90. The van der Waals surface area contributed by atoms with E-state index in [-0.39, 0.29) is 11.9 Å². The van der Waals surface area contributed by atoms with Gasteiger partial charge in [0, 0.05) is 25.2 Å². The zero-order chi connectivity index (χ0) is 19.5. The Bertz CT molecular complexity index is 967. The highest BCUT2D eigenvalue weighted by Gasteiger charge is 2.33. The SMILES string of the molecule is Cc1cccc(CN2CCN(c3ccccc3-c3ccccc3)C(=O)C2C)c1. The first kappa shape index (κ1) is 18.5. The second-order valence-electron chi connectivity index (χ2n) is 7.51. The average Bonchev–Trinajstić information content (AvgIpc) is 2.72. The van der Waals surface area contributed by atoms with Crippen LogP contribution >= 0.6 is 0 Å². The lowest BCUT2D eigenvalue weighted by molar-refractivity contribution is -0.125. The zero-order valence-electron chi connectivity index (χ0n) is 16.5. The second-order valence-corrected chi connectivity index (χ2v) is 7.51. The van der Waals surface area contributed by atoms with Crippen molar-refractivity contribution in [2.45, 2.75) is 26.4 Å². The van der Waals surface area contributed by atoms with E-state index >= 15 is 0 Å². The summed E-state index contributed by atoms with van der Waals surface area (Å²) in [7, 11) is 0. The van der Waals surface area contributed by atoms with Crippen molar-refractivity contribution < 1.29 is 4.79 Å². The van der Waals surface area contributed by atoms with Gasteiger partial charge in [0.2, 0.25) is 5.91 Å². The molecule has 0 bridgehead atoms. The number of hydrogen-bond acceptors (Lipinski definition) is 2. The van der Waals surface area contributed by atoms with E-state index in [1.807, 2.05) is 42.2 Å². The largest absolute Gasteiger partial charge is 0.309 e. The molecule has 0 radical (unpaired) electrons. The van der Waals surface area contributed by atoms with Gasteiger partial charge < -0.3 is 4.90 Å². The van der Waals surface area contributed by atoms with Crippen molar-refractivity contribution in [3.8, 4) is 11.1 Å². The van der Waals surface area contributed by atoms with Crippen molar-refractivity contribution in [2.24, 2.45) is 0 Å². The zero-order valence-corrected chi connectivity index (χ0v) is 16.5. The van der Waals surface area contributed by atoms with Crippen LogP contribution in [-0.4, -0.2) is 29.9 Å². The number of nitrogens with zero attached hydrogens (tertiary/aromatic N) is 2. The fraction of sp³-hybridized carbons (Fsp3) is 0.240. The fourth-order valence-corrected chi connectivity index (χ4v) is 3.98. The first-order valence-corrected chi connectivity index (χ1v) is 9.89. The van der Waals surface area contributed by atoms with Crippen LogP contribution in [0, 0.1) is 6.92 Å². The lowest BCUT2D eigenvalue weighted by atomic mass is 10.0. The number of amides is 1. The van der Waals surface area contributed by atoms with Crippen LogP contribution in [0.4, 0.5) is 5.69 Å². The van der Waals surface area contributed by atoms with E-state index in [1.165, 1.54) is 11.1 Å². The molecule has 1 heterocycles. The number of carbonyl (C=O) groups excluding carboxylic acids is 1. The third kappa shape index (κ3) is 3.71. The van der Waals surface area contributed by atoms with E-state index in [0.29, 0.717) is 6.54 Å². The summed E-state index contributed by atoms with van der Waals surface area (Å²) in [4.78, 5) is 17.5. The van der Waals surface area contributed by atoms with Gasteiger partial charge in [-0.25, -0.2) is 0 Å². The summed E-state index contributed by atoms with van der Waals surface area (Å²) in [6, 6.07) is 26.9. The van der Waals surface area contributed by atoms with Crippen molar-refractivity contribution in [2.75, 3.05) is 18.0 Å². The van der Waals surface area contributed by atoms with E-state index in [4.69, 9.17) is 0 Å². The molecule has 1 amide bonds. The Hall–Kier alpha value is -2.91. The third-order valence-electron chi connectivity index (χ3n) is 5.53. The smallest absolute Gasteiger partial charge is 0.244 e. The maximum absolute atomic E-state index is 13.3. The van der Waals surface area contributed by atoms with Crippen LogP contribution in [-0.2, 0) is 11.3 Å². The quantitative estimate of drug-likeness (QED) is 0.652. The summed E-state index contributed by atoms with van der Waals surface area (Å²) in [5.41, 5.74) is 5.77. The molecule has 0 N–H and O–H groups in total. The summed E-state index contributed by atoms with van der Waals surface area (Å²) in [5, 5.41) is 0. The molecule has 1 aliphatic rings. The van der Waals surface area contributed by atoms with Crippen molar-refractivity contribution in [1.82, 2.24) is 4.90 Å².